The van der Waals surface area contributed by atoms with E-state index in [1.807, 2.05) is 20.8 Å². The van der Waals surface area contributed by atoms with Gasteiger partial charge in [0.15, 0.2) is 0 Å². The highest BCUT2D eigenvalue weighted by Crippen LogP contribution is 2.18. The molecule has 1 aromatic rings. The Morgan fingerprint density at radius 2 is 1.76 bits per heavy atom. The third-order valence-corrected chi connectivity index (χ3v) is 3.28. The van der Waals surface area contributed by atoms with Crippen LogP contribution in [-0.2, 0) is 14.3 Å². The van der Waals surface area contributed by atoms with Crippen LogP contribution in [0.15, 0.2) is 29.2 Å². The zero-order valence-electron chi connectivity index (χ0n) is 10.3. The van der Waals surface area contributed by atoms with Gasteiger partial charge in [-0.25, -0.2) is 0 Å². The molecule has 0 unspecified atom stereocenters. The number of rotatable bonds is 6. The molecule has 0 atom stereocenters. The normalized spacial score (nSPS) is 11.8. The fourth-order valence-corrected chi connectivity index (χ4v) is 2.22. The van der Waals surface area contributed by atoms with Crippen molar-refractivity contribution in [2.75, 3.05) is 13.2 Å². The Balaban J connectivity index is 2.77. The highest BCUT2D eigenvalue weighted by Gasteiger charge is 2.15. The van der Waals surface area contributed by atoms with Gasteiger partial charge in [0.05, 0.1) is 18.1 Å². The minimum atomic E-state index is -3.64. The minimum absolute atomic E-state index is 0.154. The molecule has 0 heterocycles. The first kappa shape index (κ1) is 14.0. The summed E-state index contributed by atoms with van der Waals surface area (Å²) >= 11 is 0. The number of hydrogen-bond donors (Lipinski definition) is 0. The topological polar surface area (TPSA) is 52.6 Å². The summed E-state index contributed by atoms with van der Waals surface area (Å²) in [6.07, 6.45) is 0. The van der Waals surface area contributed by atoms with Gasteiger partial charge in [0.2, 0.25) is 0 Å². The van der Waals surface area contributed by atoms with Crippen LogP contribution in [0.4, 0.5) is 0 Å². The summed E-state index contributed by atoms with van der Waals surface area (Å²) in [4.78, 5) is 0.154. The maximum absolute atomic E-state index is 11.7. The van der Waals surface area contributed by atoms with Gasteiger partial charge >= 0.3 is 0 Å². The summed E-state index contributed by atoms with van der Waals surface area (Å²) in [5, 5.41) is 0. The second-order valence-electron chi connectivity index (χ2n) is 4.04. The number of ether oxygens (including phenoxy) is 1. The smallest absolute Gasteiger partial charge is 0.296 e. The molecule has 0 aliphatic heterocycles. The van der Waals surface area contributed by atoms with Crippen molar-refractivity contribution < 1.29 is 17.3 Å². The molecule has 17 heavy (non-hydrogen) atoms. The summed E-state index contributed by atoms with van der Waals surface area (Å²) < 4.78 is 33.6. The van der Waals surface area contributed by atoms with Crippen molar-refractivity contribution in [3.05, 3.63) is 24.3 Å². The molecule has 0 aliphatic rings. The molecule has 1 aromatic carbocycles. The van der Waals surface area contributed by atoms with Crippen molar-refractivity contribution in [2.24, 2.45) is 5.92 Å². The summed E-state index contributed by atoms with van der Waals surface area (Å²) in [6, 6.07) is 6.21. The van der Waals surface area contributed by atoms with Crippen LogP contribution in [-0.4, -0.2) is 21.6 Å². The van der Waals surface area contributed by atoms with E-state index in [2.05, 4.69) is 0 Å². The summed E-state index contributed by atoms with van der Waals surface area (Å²) in [6.45, 7) is 6.41. The Labute approximate surface area is 103 Å². The van der Waals surface area contributed by atoms with Crippen LogP contribution in [0, 0.1) is 5.92 Å². The molecule has 0 bridgehead atoms. The van der Waals surface area contributed by atoms with Gasteiger partial charge in [0.1, 0.15) is 5.75 Å². The molecule has 0 aromatic heterocycles. The molecule has 0 amide bonds. The SMILES string of the molecule is CCOc1ccc(S(=O)(=O)OCC(C)C)cc1. The van der Waals surface area contributed by atoms with Crippen LogP contribution in [0.1, 0.15) is 20.8 Å². The predicted octanol–water partition coefficient (Wildman–Crippen LogP) is 2.45. The van der Waals surface area contributed by atoms with Gasteiger partial charge in [-0.15, -0.1) is 0 Å². The van der Waals surface area contributed by atoms with Crippen LogP contribution in [0.25, 0.3) is 0 Å². The maximum Gasteiger partial charge on any atom is 0.296 e. The van der Waals surface area contributed by atoms with E-state index in [1.165, 1.54) is 12.1 Å². The van der Waals surface area contributed by atoms with Gasteiger partial charge in [-0.2, -0.15) is 8.42 Å². The lowest BCUT2D eigenvalue weighted by molar-refractivity contribution is 0.275. The fourth-order valence-electron chi connectivity index (χ4n) is 1.16. The number of benzene rings is 1. The van der Waals surface area contributed by atoms with E-state index in [4.69, 9.17) is 8.92 Å². The lowest BCUT2D eigenvalue weighted by Gasteiger charge is -2.08. The van der Waals surface area contributed by atoms with Crippen LogP contribution in [0.2, 0.25) is 0 Å². The zero-order chi connectivity index (χ0) is 12.9. The van der Waals surface area contributed by atoms with E-state index in [-0.39, 0.29) is 17.4 Å². The Morgan fingerprint density at radius 3 is 2.24 bits per heavy atom. The van der Waals surface area contributed by atoms with E-state index in [0.29, 0.717) is 12.4 Å². The van der Waals surface area contributed by atoms with Crippen molar-refractivity contribution in [3.8, 4) is 5.75 Å². The molecule has 0 spiro atoms. The Kier molecular flexibility index (Phi) is 4.96. The molecular weight excluding hydrogens is 240 g/mol. The summed E-state index contributed by atoms with van der Waals surface area (Å²) in [5.41, 5.74) is 0. The lowest BCUT2D eigenvalue weighted by atomic mass is 10.2. The summed E-state index contributed by atoms with van der Waals surface area (Å²) in [7, 11) is -3.64. The van der Waals surface area contributed by atoms with Gasteiger partial charge in [-0.1, -0.05) is 13.8 Å². The average molecular weight is 258 g/mol. The summed E-state index contributed by atoms with van der Waals surface area (Å²) in [5.74, 6) is 0.822. The van der Waals surface area contributed by atoms with E-state index >= 15 is 0 Å². The van der Waals surface area contributed by atoms with Crippen LogP contribution in [0.3, 0.4) is 0 Å². The van der Waals surface area contributed by atoms with Crippen molar-refractivity contribution in [3.63, 3.8) is 0 Å². The van der Waals surface area contributed by atoms with Crippen LogP contribution >= 0.6 is 0 Å². The van der Waals surface area contributed by atoms with E-state index in [1.54, 1.807) is 12.1 Å². The van der Waals surface area contributed by atoms with Crippen LogP contribution in [0.5, 0.6) is 5.75 Å². The second-order valence-corrected chi connectivity index (χ2v) is 5.65. The van der Waals surface area contributed by atoms with Crippen molar-refractivity contribution in [1.29, 1.82) is 0 Å². The Bertz CT molecular complexity index is 434. The zero-order valence-corrected chi connectivity index (χ0v) is 11.2. The molecule has 0 fully saturated rings. The third-order valence-electron chi connectivity index (χ3n) is 1.98. The lowest BCUT2D eigenvalue weighted by Crippen LogP contribution is -2.11. The predicted molar refractivity (Wildman–Crippen MR) is 65.6 cm³/mol. The molecule has 4 nitrogen and oxygen atoms in total. The van der Waals surface area contributed by atoms with Crippen molar-refractivity contribution in [1.82, 2.24) is 0 Å². The number of hydrogen-bond acceptors (Lipinski definition) is 4. The molecule has 0 aliphatic carbocycles. The quantitative estimate of drug-likeness (QED) is 0.735. The van der Waals surface area contributed by atoms with E-state index < -0.39 is 10.1 Å². The fraction of sp³-hybridized carbons (Fsp3) is 0.500. The molecule has 0 N–H and O–H groups in total. The maximum atomic E-state index is 11.7. The Morgan fingerprint density at radius 1 is 1.18 bits per heavy atom. The first-order valence-corrected chi connectivity index (χ1v) is 6.99. The van der Waals surface area contributed by atoms with Crippen molar-refractivity contribution >= 4 is 10.1 Å². The molecule has 1 rings (SSSR count). The molecule has 96 valence electrons. The molecule has 5 heteroatoms. The van der Waals surface area contributed by atoms with Gasteiger partial charge in [-0.05, 0) is 37.1 Å². The molecule has 0 saturated carbocycles. The monoisotopic (exact) mass is 258 g/mol. The first-order chi connectivity index (χ1) is 7.95. The largest absolute Gasteiger partial charge is 0.494 e. The average Bonchev–Trinajstić information content (AvgIpc) is 2.28. The molecule has 0 saturated heterocycles. The van der Waals surface area contributed by atoms with E-state index in [0.717, 1.165) is 0 Å². The first-order valence-electron chi connectivity index (χ1n) is 5.58. The molecular formula is C12H18O4S. The third kappa shape index (κ3) is 4.36. The Hall–Kier alpha value is -1.07. The second kappa shape index (κ2) is 6.02. The molecule has 0 radical (unpaired) electrons. The van der Waals surface area contributed by atoms with Gasteiger partial charge in [0, 0.05) is 0 Å². The van der Waals surface area contributed by atoms with Gasteiger partial charge < -0.3 is 4.74 Å². The highest BCUT2D eigenvalue weighted by atomic mass is 32.2. The van der Waals surface area contributed by atoms with E-state index in [9.17, 15) is 8.42 Å². The van der Waals surface area contributed by atoms with Gasteiger partial charge in [0.25, 0.3) is 10.1 Å². The highest BCUT2D eigenvalue weighted by molar-refractivity contribution is 7.86. The minimum Gasteiger partial charge on any atom is -0.494 e. The van der Waals surface area contributed by atoms with Crippen molar-refractivity contribution in [2.45, 2.75) is 25.7 Å². The van der Waals surface area contributed by atoms with Gasteiger partial charge in [-0.3, -0.25) is 4.18 Å². The van der Waals surface area contributed by atoms with Crippen LogP contribution < -0.4 is 4.74 Å². The standard InChI is InChI=1S/C12H18O4S/c1-4-15-11-5-7-12(8-6-11)17(13,14)16-9-10(2)3/h5-8,10H,4,9H2,1-3H3.